The molecule has 2 aromatic rings. The van der Waals surface area contributed by atoms with E-state index in [-0.39, 0.29) is 11.5 Å². The molecule has 0 spiro atoms. The third-order valence-corrected chi connectivity index (χ3v) is 4.15. The molecule has 0 radical (unpaired) electrons. The van der Waals surface area contributed by atoms with Crippen molar-refractivity contribution in [1.29, 1.82) is 0 Å². The number of nitrogens with two attached hydrogens (primary N) is 1. The average Bonchev–Trinajstić information content (AvgIpc) is 2.90. The Balaban J connectivity index is 2.03. The van der Waals surface area contributed by atoms with Gasteiger partial charge in [-0.2, -0.15) is 0 Å². The molecule has 4 heteroatoms. The van der Waals surface area contributed by atoms with E-state index in [0.717, 1.165) is 12.2 Å². The van der Waals surface area contributed by atoms with Gasteiger partial charge < -0.3 is 19.8 Å². The molecule has 1 aromatic carbocycles. The number of hydrogen-bond acceptors (Lipinski definition) is 3. The van der Waals surface area contributed by atoms with Crippen LogP contribution in [0.25, 0.3) is 10.9 Å². The van der Waals surface area contributed by atoms with Crippen LogP contribution in [0.1, 0.15) is 40.3 Å². The van der Waals surface area contributed by atoms with Crippen LogP contribution in [-0.2, 0) is 21.4 Å². The summed E-state index contributed by atoms with van der Waals surface area (Å²) < 4.78 is 14.0. The number of nitrogen functional groups attached to an aromatic ring is 1. The quantitative estimate of drug-likeness (QED) is 0.861. The summed E-state index contributed by atoms with van der Waals surface area (Å²) in [7, 11) is 0. The number of hydrogen-bond donors (Lipinski definition) is 1. The van der Waals surface area contributed by atoms with Gasteiger partial charge >= 0.3 is 0 Å². The molecule has 2 N–H and O–H groups in total. The van der Waals surface area contributed by atoms with Crippen LogP contribution in [0.2, 0.25) is 0 Å². The normalized spacial score (nSPS) is 21.6. The Morgan fingerprint density at radius 3 is 2.59 bits per heavy atom. The van der Waals surface area contributed by atoms with Crippen molar-refractivity contribution in [3.05, 3.63) is 30.0 Å². The van der Waals surface area contributed by atoms with Crippen LogP contribution >= 0.6 is 0 Å². The van der Waals surface area contributed by atoms with Crippen molar-refractivity contribution >= 4 is 16.6 Å². The molecule has 120 valence electrons. The zero-order chi connectivity index (χ0) is 16.1. The zero-order valence-corrected chi connectivity index (χ0v) is 14.1. The van der Waals surface area contributed by atoms with E-state index in [1.54, 1.807) is 0 Å². The largest absolute Gasteiger partial charge is 0.399 e. The first kappa shape index (κ1) is 15.4. The minimum absolute atomic E-state index is 0.0583. The number of anilines is 1. The standard InChI is InChI=1S/C18H26N2O2/c1-17(2,3)16-9-12-8-13(19)6-7-15(12)20(16)10-14-11-21-18(4,5)22-14/h6-9,14H,10-11,19H2,1-5H3. The molecule has 3 rings (SSSR count). The fourth-order valence-electron chi connectivity index (χ4n) is 3.16. The third kappa shape index (κ3) is 2.85. The van der Waals surface area contributed by atoms with Crippen molar-refractivity contribution in [1.82, 2.24) is 4.57 Å². The smallest absolute Gasteiger partial charge is 0.163 e. The summed E-state index contributed by atoms with van der Waals surface area (Å²) in [6.45, 7) is 12.1. The van der Waals surface area contributed by atoms with Gasteiger partial charge in [-0.25, -0.2) is 0 Å². The maximum absolute atomic E-state index is 5.99. The molecule has 0 amide bonds. The van der Waals surface area contributed by atoms with E-state index < -0.39 is 5.79 Å². The lowest BCUT2D eigenvalue weighted by molar-refractivity contribution is -0.139. The van der Waals surface area contributed by atoms with Gasteiger partial charge in [-0.3, -0.25) is 0 Å². The summed E-state index contributed by atoms with van der Waals surface area (Å²) in [5, 5.41) is 1.18. The van der Waals surface area contributed by atoms with E-state index in [1.165, 1.54) is 16.6 Å². The molecule has 1 saturated heterocycles. The van der Waals surface area contributed by atoms with Crippen molar-refractivity contribution in [3.8, 4) is 0 Å². The SMILES string of the molecule is CC1(C)OCC(Cn2c(C(C)(C)C)cc3cc(N)ccc32)O1. The van der Waals surface area contributed by atoms with E-state index in [4.69, 9.17) is 15.2 Å². The maximum atomic E-state index is 5.99. The fourth-order valence-corrected chi connectivity index (χ4v) is 3.16. The van der Waals surface area contributed by atoms with Crippen LogP contribution in [0.15, 0.2) is 24.3 Å². The first-order chi connectivity index (χ1) is 10.2. The molecular weight excluding hydrogens is 276 g/mol. The number of aromatic nitrogens is 1. The summed E-state index contributed by atoms with van der Waals surface area (Å²) in [6, 6.07) is 8.34. The zero-order valence-electron chi connectivity index (χ0n) is 14.1. The Kier molecular flexibility index (Phi) is 3.49. The van der Waals surface area contributed by atoms with Gasteiger partial charge in [0.05, 0.1) is 13.2 Å². The van der Waals surface area contributed by atoms with Crippen LogP contribution in [0.4, 0.5) is 5.69 Å². The van der Waals surface area contributed by atoms with Gasteiger partial charge in [-0.05, 0) is 38.1 Å². The van der Waals surface area contributed by atoms with Gasteiger partial charge in [-0.1, -0.05) is 20.8 Å². The van der Waals surface area contributed by atoms with Gasteiger partial charge in [0.25, 0.3) is 0 Å². The lowest BCUT2D eigenvalue weighted by Crippen LogP contribution is -2.26. The van der Waals surface area contributed by atoms with Crippen LogP contribution < -0.4 is 5.73 Å². The summed E-state index contributed by atoms with van der Waals surface area (Å²) in [5.74, 6) is -0.486. The Hall–Kier alpha value is -1.52. The molecule has 22 heavy (non-hydrogen) atoms. The molecule has 1 aliphatic rings. The number of benzene rings is 1. The maximum Gasteiger partial charge on any atom is 0.163 e. The predicted octanol–water partition coefficient (Wildman–Crippen LogP) is 3.67. The van der Waals surface area contributed by atoms with Crippen molar-refractivity contribution in [2.24, 2.45) is 0 Å². The van der Waals surface area contributed by atoms with E-state index in [9.17, 15) is 0 Å². The van der Waals surface area contributed by atoms with E-state index in [2.05, 4.69) is 37.5 Å². The summed E-state index contributed by atoms with van der Waals surface area (Å²) in [4.78, 5) is 0. The summed E-state index contributed by atoms with van der Waals surface area (Å²) in [5.41, 5.74) is 9.29. The first-order valence-electron chi connectivity index (χ1n) is 7.87. The van der Waals surface area contributed by atoms with Crippen LogP contribution in [0.5, 0.6) is 0 Å². The second-order valence-corrected chi connectivity index (χ2v) is 7.66. The molecule has 4 nitrogen and oxygen atoms in total. The monoisotopic (exact) mass is 302 g/mol. The molecule has 1 unspecified atom stereocenters. The van der Waals surface area contributed by atoms with Gasteiger partial charge in [0.15, 0.2) is 5.79 Å². The highest BCUT2D eigenvalue weighted by Gasteiger charge is 2.34. The van der Waals surface area contributed by atoms with E-state index in [1.807, 2.05) is 26.0 Å². The van der Waals surface area contributed by atoms with Crippen LogP contribution in [0.3, 0.4) is 0 Å². The Bertz CT molecular complexity index is 695. The number of rotatable bonds is 2. The Morgan fingerprint density at radius 2 is 2.00 bits per heavy atom. The Morgan fingerprint density at radius 1 is 1.27 bits per heavy atom. The lowest BCUT2D eigenvalue weighted by Gasteiger charge is -2.24. The average molecular weight is 302 g/mol. The molecule has 1 atom stereocenters. The van der Waals surface area contributed by atoms with Crippen LogP contribution in [0, 0.1) is 0 Å². The van der Waals surface area contributed by atoms with E-state index >= 15 is 0 Å². The third-order valence-electron chi connectivity index (χ3n) is 4.15. The topological polar surface area (TPSA) is 49.4 Å². The highest BCUT2D eigenvalue weighted by molar-refractivity contribution is 5.84. The second-order valence-electron chi connectivity index (χ2n) is 7.66. The fraction of sp³-hybridized carbons (Fsp3) is 0.556. The van der Waals surface area contributed by atoms with Gasteiger partial charge in [0.1, 0.15) is 6.10 Å². The molecule has 1 aromatic heterocycles. The lowest BCUT2D eigenvalue weighted by atomic mass is 9.92. The number of fused-ring (bicyclic) bond motifs is 1. The predicted molar refractivity (Wildman–Crippen MR) is 90.0 cm³/mol. The van der Waals surface area contributed by atoms with Crippen LogP contribution in [-0.4, -0.2) is 23.1 Å². The highest BCUT2D eigenvalue weighted by Crippen LogP contribution is 2.32. The molecule has 0 saturated carbocycles. The Labute approximate surface area is 132 Å². The van der Waals surface area contributed by atoms with Crippen molar-refractivity contribution in [3.63, 3.8) is 0 Å². The molecule has 1 aliphatic heterocycles. The minimum Gasteiger partial charge on any atom is -0.399 e. The van der Waals surface area contributed by atoms with Crippen molar-refractivity contribution in [2.75, 3.05) is 12.3 Å². The van der Waals surface area contributed by atoms with Gasteiger partial charge in [0, 0.05) is 27.7 Å². The minimum atomic E-state index is -0.486. The highest BCUT2D eigenvalue weighted by atomic mass is 16.7. The first-order valence-corrected chi connectivity index (χ1v) is 7.87. The van der Waals surface area contributed by atoms with Crippen molar-refractivity contribution < 1.29 is 9.47 Å². The number of nitrogens with zero attached hydrogens (tertiary/aromatic N) is 1. The van der Waals surface area contributed by atoms with Gasteiger partial charge in [0.2, 0.25) is 0 Å². The van der Waals surface area contributed by atoms with E-state index in [0.29, 0.717) is 6.61 Å². The molecular formula is C18H26N2O2. The molecule has 1 fully saturated rings. The van der Waals surface area contributed by atoms with Crippen molar-refractivity contribution in [2.45, 2.75) is 58.5 Å². The summed E-state index contributed by atoms with van der Waals surface area (Å²) in [6.07, 6.45) is 0.0734. The molecule has 0 aliphatic carbocycles. The molecule has 0 bridgehead atoms. The second kappa shape index (κ2) is 5.00. The number of ether oxygens (including phenoxy) is 2. The van der Waals surface area contributed by atoms with Gasteiger partial charge in [-0.15, -0.1) is 0 Å². The molecule has 2 heterocycles. The summed E-state index contributed by atoms with van der Waals surface area (Å²) >= 11 is 0.